The molecule has 0 saturated heterocycles. The Morgan fingerprint density at radius 1 is 1.27 bits per heavy atom. The van der Waals surface area contributed by atoms with Gasteiger partial charge >= 0.3 is 6.18 Å². The number of nitrogens with zero attached hydrogens (tertiary/aromatic N) is 2. The molecule has 1 aromatic carbocycles. The first-order chi connectivity index (χ1) is 12.3. The van der Waals surface area contributed by atoms with Gasteiger partial charge in [0, 0.05) is 6.07 Å². The van der Waals surface area contributed by atoms with Crippen molar-refractivity contribution >= 4 is 17.5 Å². The lowest BCUT2D eigenvalue weighted by Crippen LogP contribution is -2.25. The third kappa shape index (κ3) is 3.75. The van der Waals surface area contributed by atoms with Crippen molar-refractivity contribution in [1.29, 1.82) is 0 Å². The highest BCUT2D eigenvalue weighted by atomic mass is 35.5. The third-order valence-corrected chi connectivity index (χ3v) is 3.85. The number of alkyl halides is 3. The number of amides is 1. The summed E-state index contributed by atoms with van der Waals surface area (Å²) < 4.78 is 45.4. The van der Waals surface area contributed by atoms with Gasteiger partial charge < -0.3 is 9.73 Å². The number of rotatable bonds is 4. The maximum atomic E-state index is 13.1. The fourth-order valence-corrected chi connectivity index (χ4v) is 2.54. The lowest BCUT2D eigenvalue weighted by atomic mass is 10.3. The Labute approximate surface area is 151 Å². The Hall–Kier alpha value is -2.74. The van der Waals surface area contributed by atoms with Gasteiger partial charge in [0.05, 0.1) is 17.3 Å². The maximum Gasteiger partial charge on any atom is 0.435 e. The molecule has 0 aliphatic rings. The van der Waals surface area contributed by atoms with Gasteiger partial charge in [-0.25, -0.2) is 4.68 Å². The number of benzene rings is 1. The Morgan fingerprint density at radius 2 is 2.00 bits per heavy atom. The van der Waals surface area contributed by atoms with Crippen LogP contribution in [0.2, 0.25) is 5.02 Å². The van der Waals surface area contributed by atoms with E-state index in [0.29, 0.717) is 17.6 Å². The van der Waals surface area contributed by atoms with Crippen LogP contribution in [0.4, 0.5) is 13.2 Å². The number of furan rings is 1. The van der Waals surface area contributed by atoms with Gasteiger partial charge in [-0.3, -0.25) is 4.79 Å². The number of hydrogen-bond acceptors (Lipinski definition) is 3. The van der Waals surface area contributed by atoms with Gasteiger partial charge in [-0.1, -0.05) is 23.7 Å². The van der Waals surface area contributed by atoms with Crippen LogP contribution in [0.3, 0.4) is 0 Å². The molecule has 3 rings (SSSR count). The minimum Gasteiger partial charge on any atom is -0.465 e. The molecule has 0 aliphatic heterocycles. The van der Waals surface area contributed by atoms with E-state index >= 15 is 0 Å². The normalized spacial score (nSPS) is 11.6. The molecule has 0 unspecified atom stereocenters. The van der Waals surface area contributed by atoms with Crippen LogP contribution in [0.25, 0.3) is 5.69 Å². The van der Waals surface area contributed by atoms with E-state index in [4.69, 9.17) is 16.0 Å². The third-order valence-electron chi connectivity index (χ3n) is 3.53. The van der Waals surface area contributed by atoms with Crippen LogP contribution in [0.5, 0.6) is 0 Å². The van der Waals surface area contributed by atoms with Crippen molar-refractivity contribution in [3.8, 4) is 5.69 Å². The van der Waals surface area contributed by atoms with Crippen molar-refractivity contribution in [1.82, 2.24) is 15.1 Å². The van der Waals surface area contributed by atoms with Crippen molar-refractivity contribution < 1.29 is 22.4 Å². The number of nitrogens with one attached hydrogen (secondary N) is 1. The second-order valence-electron chi connectivity index (χ2n) is 5.47. The second-order valence-corrected chi connectivity index (χ2v) is 5.88. The fourth-order valence-electron chi connectivity index (χ4n) is 2.33. The van der Waals surface area contributed by atoms with Crippen LogP contribution >= 0.6 is 11.6 Å². The molecule has 0 saturated carbocycles. The molecule has 26 heavy (non-hydrogen) atoms. The predicted octanol–water partition coefficient (Wildman–Crippen LogP) is 4.38. The molecule has 2 heterocycles. The van der Waals surface area contributed by atoms with Crippen molar-refractivity contribution in [3.05, 3.63) is 70.4 Å². The van der Waals surface area contributed by atoms with Crippen molar-refractivity contribution in [2.24, 2.45) is 0 Å². The van der Waals surface area contributed by atoms with E-state index in [9.17, 15) is 18.0 Å². The van der Waals surface area contributed by atoms with Gasteiger partial charge in [0.2, 0.25) is 0 Å². The molecule has 9 heteroatoms. The highest BCUT2D eigenvalue weighted by molar-refractivity contribution is 6.32. The Kier molecular flexibility index (Phi) is 4.78. The van der Waals surface area contributed by atoms with Gasteiger partial charge in [-0.2, -0.15) is 18.3 Å². The molecular weight excluding hydrogens is 371 g/mol. The SMILES string of the molecule is Cc1ccc(CNC(=O)c2cc(C(F)(F)F)nn2-c2ccccc2Cl)o1. The highest BCUT2D eigenvalue weighted by Crippen LogP contribution is 2.30. The molecule has 1 N–H and O–H groups in total. The topological polar surface area (TPSA) is 60.1 Å². The van der Waals surface area contributed by atoms with Crippen LogP contribution in [0, 0.1) is 6.92 Å². The molecule has 0 atom stereocenters. The van der Waals surface area contributed by atoms with Crippen LogP contribution < -0.4 is 5.32 Å². The van der Waals surface area contributed by atoms with E-state index in [1.807, 2.05) is 0 Å². The largest absolute Gasteiger partial charge is 0.465 e. The van der Waals surface area contributed by atoms with Crippen LogP contribution in [0.1, 0.15) is 27.7 Å². The summed E-state index contributed by atoms with van der Waals surface area (Å²) in [6.07, 6.45) is -4.69. The van der Waals surface area contributed by atoms with E-state index < -0.39 is 17.8 Å². The summed E-state index contributed by atoms with van der Waals surface area (Å²) in [7, 11) is 0. The summed E-state index contributed by atoms with van der Waals surface area (Å²) in [5.74, 6) is 0.410. The molecule has 1 amide bonds. The summed E-state index contributed by atoms with van der Waals surface area (Å²) >= 11 is 6.05. The number of aryl methyl sites for hydroxylation is 1. The van der Waals surface area contributed by atoms with E-state index in [2.05, 4.69) is 10.4 Å². The van der Waals surface area contributed by atoms with E-state index in [-0.39, 0.29) is 22.9 Å². The molecule has 2 aromatic heterocycles. The van der Waals surface area contributed by atoms with Gasteiger partial charge in [0.25, 0.3) is 5.91 Å². The Bertz CT molecular complexity index is 947. The van der Waals surface area contributed by atoms with E-state index in [1.54, 1.807) is 31.2 Å². The van der Waals surface area contributed by atoms with Crippen molar-refractivity contribution in [2.45, 2.75) is 19.6 Å². The minimum absolute atomic E-state index is 0.0295. The molecule has 5 nitrogen and oxygen atoms in total. The zero-order valence-electron chi connectivity index (χ0n) is 13.5. The van der Waals surface area contributed by atoms with Gasteiger partial charge in [0.1, 0.15) is 17.2 Å². The minimum atomic E-state index is -4.69. The van der Waals surface area contributed by atoms with Gasteiger partial charge in [-0.05, 0) is 31.2 Å². The maximum absolute atomic E-state index is 13.1. The van der Waals surface area contributed by atoms with E-state index in [1.165, 1.54) is 12.1 Å². The average molecular weight is 384 g/mol. The first-order valence-corrected chi connectivity index (χ1v) is 7.89. The molecular formula is C17H13ClF3N3O2. The lowest BCUT2D eigenvalue weighted by molar-refractivity contribution is -0.141. The fraction of sp³-hybridized carbons (Fsp3) is 0.176. The van der Waals surface area contributed by atoms with Crippen LogP contribution in [-0.4, -0.2) is 15.7 Å². The van der Waals surface area contributed by atoms with Crippen molar-refractivity contribution in [3.63, 3.8) is 0 Å². The molecule has 3 aromatic rings. The first kappa shape index (κ1) is 18.1. The summed E-state index contributed by atoms with van der Waals surface area (Å²) in [6, 6.07) is 10.3. The second kappa shape index (κ2) is 6.87. The number of carbonyl (C=O) groups excluding carboxylic acids is 1. The Morgan fingerprint density at radius 3 is 2.62 bits per heavy atom. The standard InChI is InChI=1S/C17H13ClF3N3O2/c1-10-6-7-11(26-10)9-22-16(25)14-8-15(17(19,20)21)23-24(14)13-5-3-2-4-12(13)18/h2-8H,9H2,1H3,(H,22,25). The molecule has 0 radical (unpaired) electrons. The Balaban J connectivity index is 1.95. The highest BCUT2D eigenvalue weighted by Gasteiger charge is 2.36. The average Bonchev–Trinajstić information content (AvgIpc) is 3.19. The summed E-state index contributed by atoms with van der Waals surface area (Å²) in [6.45, 7) is 1.77. The summed E-state index contributed by atoms with van der Waals surface area (Å²) in [5, 5.41) is 6.20. The smallest absolute Gasteiger partial charge is 0.435 e. The first-order valence-electron chi connectivity index (χ1n) is 7.51. The van der Waals surface area contributed by atoms with Crippen molar-refractivity contribution in [2.75, 3.05) is 0 Å². The molecule has 136 valence electrons. The number of hydrogen-bond donors (Lipinski definition) is 1. The number of halogens is 4. The van der Waals surface area contributed by atoms with Gasteiger partial charge in [-0.15, -0.1) is 0 Å². The van der Waals surface area contributed by atoms with Gasteiger partial charge in [0.15, 0.2) is 5.69 Å². The van der Waals surface area contributed by atoms with E-state index in [0.717, 1.165) is 4.68 Å². The monoisotopic (exact) mass is 383 g/mol. The molecule has 0 fully saturated rings. The van der Waals surface area contributed by atoms with Crippen LogP contribution in [0.15, 0.2) is 46.9 Å². The quantitative estimate of drug-likeness (QED) is 0.727. The predicted molar refractivity (Wildman–Crippen MR) is 88.2 cm³/mol. The molecule has 0 aliphatic carbocycles. The molecule has 0 spiro atoms. The number of carbonyl (C=O) groups is 1. The zero-order chi connectivity index (χ0) is 18.9. The summed E-state index contributed by atoms with van der Waals surface area (Å²) in [4.78, 5) is 12.4. The number of para-hydroxylation sites is 1. The van der Waals surface area contributed by atoms with Crippen LogP contribution in [-0.2, 0) is 12.7 Å². The summed E-state index contributed by atoms with van der Waals surface area (Å²) in [5.41, 5.74) is -1.30. The molecule has 0 bridgehead atoms. The zero-order valence-corrected chi connectivity index (χ0v) is 14.2. The number of aromatic nitrogens is 2. The lowest BCUT2D eigenvalue weighted by Gasteiger charge is -2.09.